The van der Waals surface area contributed by atoms with E-state index in [1.807, 2.05) is 12.3 Å². The van der Waals surface area contributed by atoms with Gasteiger partial charge >= 0.3 is 0 Å². The number of piperazine rings is 1. The summed E-state index contributed by atoms with van der Waals surface area (Å²) in [6.45, 7) is 5.17. The van der Waals surface area contributed by atoms with Gasteiger partial charge in [0.05, 0.1) is 11.7 Å². The molecule has 1 aromatic heterocycles. The molecule has 13 heavy (non-hydrogen) atoms. The van der Waals surface area contributed by atoms with E-state index in [4.69, 9.17) is 0 Å². The Morgan fingerprint density at radius 3 is 3.08 bits per heavy atom. The van der Waals surface area contributed by atoms with E-state index in [0.717, 1.165) is 25.3 Å². The molecule has 0 aromatic carbocycles. The fraction of sp³-hybridized carbons (Fsp3) is 0.500. The lowest BCUT2D eigenvalue weighted by Crippen LogP contribution is -2.42. The SMILES string of the molecule is Cc1ccnc(C2CNCCN2)c1. The summed E-state index contributed by atoms with van der Waals surface area (Å²) < 4.78 is 0. The minimum Gasteiger partial charge on any atom is -0.314 e. The molecular weight excluding hydrogens is 162 g/mol. The van der Waals surface area contributed by atoms with Gasteiger partial charge in [-0.2, -0.15) is 0 Å². The highest BCUT2D eigenvalue weighted by Gasteiger charge is 2.14. The standard InChI is InChI=1S/C10H15N3/c1-8-2-3-12-9(6-8)10-7-11-4-5-13-10/h2-3,6,10-11,13H,4-5,7H2,1H3. The number of rotatable bonds is 1. The lowest BCUT2D eigenvalue weighted by molar-refractivity contribution is 0.423. The summed E-state index contributed by atoms with van der Waals surface area (Å²) in [5.74, 6) is 0. The number of pyridine rings is 1. The molecule has 0 radical (unpaired) electrons. The average molecular weight is 177 g/mol. The molecule has 3 nitrogen and oxygen atoms in total. The zero-order valence-electron chi connectivity index (χ0n) is 7.88. The Bertz CT molecular complexity index is 279. The highest BCUT2D eigenvalue weighted by Crippen LogP contribution is 2.11. The number of nitrogens with one attached hydrogen (secondary N) is 2. The Morgan fingerprint density at radius 1 is 1.46 bits per heavy atom. The molecule has 1 saturated heterocycles. The van der Waals surface area contributed by atoms with Crippen molar-refractivity contribution in [3.05, 3.63) is 29.6 Å². The lowest BCUT2D eigenvalue weighted by atomic mass is 10.1. The van der Waals surface area contributed by atoms with Gasteiger partial charge in [-0.05, 0) is 24.6 Å². The van der Waals surface area contributed by atoms with E-state index < -0.39 is 0 Å². The largest absolute Gasteiger partial charge is 0.314 e. The summed E-state index contributed by atoms with van der Waals surface area (Å²) in [6.07, 6.45) is 1.88. The van der Waals surface area contributed by atoms with Crippen LogP contribution in [0.3, 0.4) is 0 Å². The highest BCUT2D eigenvalue weighted by atomic mass is 15.1. The van der Waals surface area contributed by atoms with Crippen LogP contribution in [0.2, 0.25) is 0 Å². The molecule has 2 heterocycles. The van der Waals surface area contributed by atoms with Gasteiger partial charge in [0.1, 0.15) is 0 Å². The first kappa shape index (κ1) is 8.66. The van der Waals surface area contributed by atoms with Gasteiger partial charge in [0, 0.05) is 25.8 Å². The van der Waals surface area contributed by atoms with Crippen LogP contribution >= 0.6 is 0 Å². The van der Waals surface area contributed by atoms with Crippen LogP contribution in [0, 0.1) is 6.92 Å². The Balaban J connectivity index is 2.14. The molecule has 3 heteroatoms. The maximum atomic E-state index is 4.36. The summed E-state index contributed by atoms with van der Waals surface area (Å²) in [7, 11) is 0. The molecule has 0 saturated carbocycles. The van der Waals surface area contributed by atoms with Gasteiger partial charge in [-0.3, -0.25) is 4.98 Å². The Hall–Kier alpha value is -0.930. The molecule has 2 N–H and O–H groups in total. The first-order chi connectivity index (χ1) is 6.36. The van der Waals surface area contributed by atoms with Crippen molar-refractivity contribution in [2.45, 2.75) is 13.0 Å². The van der Waals surface area contributed by atoms with Crippen molar-refractivity contribution in [3.63, 3.8) is 0 Å². The summed E-state index contributed by atoms with van der Waals surface area (Å²) >= 11 is 0. The molecular formula is C10H15N3. The zero-order valence-corrected chi connectivity index (χ0v) is 7.88. The number of nitrogens with zero attached hydrogens (tertiary/aromatic N) is 1. The fourth-order valence-corrected chi connectivity index (χ4v) is 1.61. The van der Waals surface area contributed by atoms with Crippen LogP contribution in [-0.2, 0) is 0 Å². The van der Waals surface area contributed by atoms with E-state index in [2.05, 4.69) is 28.6 Å². The van der Waals surface area contributed by atoms with Crippen molar-refractivity contribution >= 4 is 0 Å². The molecule has 1 fully saturated rings. The second-order valence-electron chi connectivity index (χ2n) is 3.47. The predicted octanol–water partition coefficient (Wildman–Crippen LogP) is 0.624. The van der Waals surface area contributed by atoms with E-state index in [-0.39, 0.29) is 0 Å². The van der Waals surface area contributed by atoms with E-state index in [9.17, 15) is 0 Å². The zero-order chi connectivity index (χ0) is 9.10. The van der Waals surface area contributed by atoms with E-state index in [1.165, 1.54) is 5.56 Å². The maximum Gasteiger partial charge on any atom is 0.0622 e. The maximum absolute atomic E-state index is 4.36. The second kappa shape index (κ2) is 3.85. The van der Waals surface area contributed by atoms with Gasteiger partial charge in [0.15, 0.2) is 0 Å². The van der Waals surface area contributed by atoms with Crippen molar-refractivity contribution in [2.75, 3.05) is 19.6 Å². The van der Waals surface area contributed by atoms with Crippen molar-refractivity contribution < 1.29 is 0 Å². The summed E-state index contributed by atoms with van der Waals surface area (Å²) in [6, 6.07) is 4.55. The van der Waals surface area contributed by atoms with Crippen molar-refractivity contribution in [2.24, 2.45) is 0 Å². The minimum atomic E-state index is 0.383. The number of aryl methyl sites for hydroxylation is 1. The molecule has 0 bridgehead atoms. The normalized spacial score (nSPS) is 23.0. The molecule has 1 aromatic rings. The van der Waals surface area contributed by atoms with Gasteiger partial charge in [0.2, 0.25) is 0 Å². The smallest absolute Gasteiger partial charge is 0.0622 e. The van der Waals surface area contributed by atoms with Gasteiger partial charge in [-0.1, -0.05) is 0 Å². The first-order valence-corrected chi connectivity index (χ1v) is 4.73. The molecule has 1 atom stereocenters. The van der Waals surface area contributed by atoms with Gasteiger partial charge in [-0.15, -0.1) is 0 Å². The third-order valence-electron chi connectivity index (χ3n) is 2.33. The summed E-state index contributed by atoms with van der Waals surface area (Å²) in [5.41, 5.74) is 2.42. The van der Waals surface area contributed by atoms with Gasteiger partial charge in [0.25, 0.3) is 0 Å². The van der Waals surface area contributed by atoms with Crippen molar-refractivity contribution in [3.8, 4) is 0 Å². The van der Waals surface area contributed by atoms with Crippen molar-refractivity contribution in [1.29, 1.82) is 0 Å². The van der Waals surface area contributed by atoms with Crippen LogP contribution in [0.1, 0.15) is 17.3 Å². The van der Waals surface area contributed by atoms with Crippen LogP contribution in [0.5, 0.6) is 0 Å². The minimum absolute atomic E-state index is 0.383. The highest BCUT2D eigenvalue weighted by molar-refractivity contribution is 5.17. The van der Waals surface area contributed by atoms with Crippen LogP contribution < -0.4 is 10.6 Å². The topological polar surface area (TPSA) is 37.0 Å². The molecule has 0 amide bonds. The summed E-state index contributed by atoms with van der Waals surface area (Å²) in [5, 5.41) is 6.79. The monoisotopic (exact) mass is 177 g/mol. The Kier molecular flexibility index (Phi) is 2.57. The predicted molar refractivity (Wildman–Crippen MR) is 52.6 cm³/mol. The number of hydrogen-bond acceptors (Lipinski definition) is 3. The van der Waals surface area contributed by atoms with E-state index in [0.29, 0.717) is 6.04 Å². The molecule has 0 aliphatic carbocycles. The Morgan fingerprint density at radius 2 is 2.38 bits per heavy atom. The first-order valence-electron chi connectivity index (χ1n) is 4.73. The molecule has 1 aliphatic heterocycles. The quantitative estimate of drug-likeness (QED) is 0.660. The third-order valence-corrected chi connectivity index (χ3v) is 2.33. The van der Waals surface area contributed by atoms with E-state index >= 15 is 0 Å². The van der Waals surface area contributed by atoms with E-state index in [1.54, 1.807) is 0 Å². The third kappa shape index (κ3) is 2.05. The van der Waals surface area contributed by atoms with Crippen LogP contribution in [0.15, 0.2) is 18.3 Å². The van der Waals surface area contributed by atoms with Crippen LogP contribution in [-0.4, -0.2) is 24.6 Å². The van der Waals surface area contributed by atoms with Crippen LogP contribution in [0.4, 0.5) is 0 Å². The number of aromatic nitrogens is 1. The average Bonchev–Trinajstić information content (AvgIpc) is 2.19. The van der Waals surface area contributed by atoms with Crippen molar-refractivity contribution in [1.82, 2.24) is 15.6 Å². The molecule has 0 spiro atoms. The lowest BCUT2D eigenvalue weighted by Gasteiger charge is -2.24. The van der Waals surface area contributed by atoms with Gasteiger partial charge < -0.3 is 10.6 Å². The van der Waals surface area contributed by atoms with Crippen LogP contribution in [0.25, 0.3) is 0 Å². The fourth-order valence-electron chi connectivity index (χ4n) is 1.61. The molecule has 70 valence electrons. The summed E-state index contributed by atoms with van der Waals surface area (Å²) in [4.78, 5) is 4.36. The Labute approximate surface area is 78.6 Å². The number of hydrogen-bond donors (Lipinski definition) is 2. The second-order valence-corrected chi connectivity index (χ2v) is 3.47. The molecule has 2 rings (SSSR count). The van der Waals surface area contributed by atoms with Gasteiger partial charge in [-0.25, -0.2) is 0 Å². The molecule has 1 aliphatic rings. The molecule has 1 unspecified atom stereocenters.